The third-order valence-corrected chi connectivity index (χ3v) is 2.51. The Kier molecular flexibility index (Phi) is 6.36. The summed E-state index contributed by atoms with van der Waals surface area (Å²) < 4.78 is 10.2. The number of carbonyl (C=O) groups is 2. The van der Waals surface area contributed by atoms with Crippen LogP contribution in [0.1, 0.15) is 12.8 Å². The van der Waals surface area contributed by atoms with Crippen molar-refractivity contribution < 1.29 is 19.1 Å². The number of esters is 1. The summed E-state index contributed by atoms with van der Waals surface area (Å²) in [6, 6.07) is 6.80. The number of nitrogen functional groups attached to an aromatic ring is 1. The van der Waals surface area contributed by atoms with Gasteiger partial charge in [-0.3, -0.25) is 4.79 Å². The van der Waals surface area contributed by atoms with Crippen molar-refractivity contribution in [2.24, 2.45) is 0 Å². The average Bonchev–Trinajstić information content (AvgIpc) is 2.41. The van der Waals surface area contributed by atoms with Gasteiger partial charge in [0.05, 0.1) is 6.61 Å². The van der Waals surface area contributed by atoms with E-state index in [-0.39, 0.29) is 19.1 Å². The Morgan fingerprint density at radius 1 is 1.30 bits per heavy atom. The first-order chi connectivity index (χ1) is 9.49. The molecule has 20 heavy (non-hydrogen) atoms. The summed E-state index contributed by atoms with van der Waals surface area (Å²) in [6.07, 6.45) is 0.859. The second-order valence-electron chi connectivity index (χ2n) is 4.47. The van der Waals surface area contributed by atoms with Crippen molar-refractivity contribution in [2.45, 2.75) is 12.8 Å². The minimum atomic E-state index is -0.468. The van der Waals surface area contributed by atoms with E-state index in [4.69, 9.17) is 15.2 Å². The molecular formula is C14H20N2O4. The number of hydrogen-bond donors (Lipinski definition) is 1. The van der Waals surface area contributed by atoms with E-state index in [9.17, 15) is 9.59 Å². The van der Waals surface area contributed by atoms with Gasteiger partial charge in [-0.2, -0.15) is 0 Å². The highest BCUT2D eigenvalue weighted by atomic mass is 16.6. The summed E-state index contributed by atoms with van der Waals surface area (Å²) in [5.41, 5.74) is 6.15. The Balaban J connectivity index is 2.16. The van der Waals surface area contributed by atoms with Gasteiger partial charge in [-0.25, -0.2) is 4.79 Å². The molecule has 0 unspecified atom stereocenters. The first-order valence-electron chi connectivity index (χ1n) is 6.33. The predicted molar refractivity (Wildman–Crippen MR) is 75.2 cm³/mol. The zero-order valence-corrected chi connectivity index (χ0v) is 11.8. The maximum atomic E-state index is 11.4. The summed E-state index contributed by atoms with van der Waals surface area (Å²) in [4.78, 5) is 24.2. The van der Waals surface area contributed by atoms with Crippen LogP contribution < -0.4 is 10.5 Å². The van der Waals surface area contributed by atoms with Crippen molar-refractivity contribution in [1.82, 2.24) is 4.90 Å². The van der Waals surface area contributed by atoms with Gasteiger partial charge < -0.3 is 20.1 Å². The molecule has 0 radical (unpaired) electrons. The molecule has 1 amide bonds. The highest BCUT2D eigenvalue weighted by molar-refractivity contribution is 5.75. The van der Waals surface area contributed by atoms with Crippen LogP contribution in [0.4, 0.5) is 5.69 Å². The van der Waals surface area contributed by atoms with Gasteiger partial charge in [-0.05, 0) is 18.6 Å². The lowest BCUT2D eigenvalue weighted by Crippen LogP contribution is -2.22. The number of amides is 1. The number of hydrogen-bond acceptors (Lipinski definition) is 5. The topological polar surface area (TPSA) is 81.9 Å². The maximum Gasteiger partial charge on any atom is 0.344 e. The number of anilines is 1. The molecule has 6 nitrogen and oxygen atoms in total. The summed E-state index contributed by atoms with van der Waals surface area (Å²) in [7, 11) is 3.38. The fourth-order valence-corrected chi connectivity index (χ4v) is 1.42. The molecule has 1 rings (SSSR count). The molecular weight excluding hydrogens is 260 g/mol. The molecule has 110 valence electrons. The van der Waals surface area contributed by atoms with E-state index in [0.717, 1.165) is 0 Å². The lowest BCUT2D eigenvalue weighted by Gasteiger charge is -2.10. The molecule has 0 bridgehead atoms. The lowest BCUT2D eigenvalue weighted by molar-refractivity contribution is -0.146. The van der Waals surface area contributed by atoms with Crippen molar-refractivity contribution in [3.63, 3.8) is 0 Å². The number of rotatable bonds is 7. The van der Waals surface area contributed by atoms with E-state index in [1.807, 2.05) is 0 Å². The number of carbonyl (C=O) groups excluding carboxylic acids is 2. The van der Waals surface area contributed by atoms with Crippen LogP contribution >= 0.6 is 0 Å². The SMILES string of the molecule is CN(C)C(=O)CCCOC(=O)COc1cccc(N)c1. The van der Waals surface area contributed by atoms with Crippen molar-refractivity contribution in [3.8, 4) is 5.75 Å². The molecule has 0 spiro atoms. The van der Waals surface area contributed by atoms with Gasteiger partial charge in [0.1, 0.15) is 5.75 Å². The summed E-state index contributed by atoms with van der Waals surface area (Å²) in [6.45, 7) is 0.0315. The zero-order valence-electron chi connectivity index (χ0n) is 11.8. The lowest BCUT2D eigenvalue weighted by atomic mass is 10.3. The largest absolute Gasteiger partial charge is 0.482 e. The summed E-state index contributed by atoms with van der Waals surface area (Å²) in [5, 5.41) is 0. The molecule has 2 N–H and O–H groups in total. The van der Waals surface area contributed by atoms with Crippen molar-refractivity contribution in [1.29, 1.82) is 0 Å². The summed E-state index contributed by atoms with van der Waals surface area (Å²) in [5.74, 6) is 0.0616. The Bertz CT molecular complexity index is 460. The van der Waals surface area contributed by atoms with Crippen LogP contribution in [0.2, 0.25) is 0 Å². The van der Waals surface area contributed by atoms with Crippen LogP contribution in [0, 0.1) is 0 Å². The molecule has 0 heterocycles. The van der Waals surface area contributed by atoms with E-state index in [0.29, 0.717) is 24.3 Å². The molecule has 1 aromatic rings. The van der Waals surface area contributed by atoms with Crippen LogP contribution in [0.3, 0.4) is 0 Å². The van der Waals surface area contributed by atoms with E-state index >= 15 is 0 Å². The van der Waals surface area contributed by atoms with Gasteiger partial charge in [-0.1, -0.05) is 6.07 Å². The van der Waals surface area contributed by atoms with Gasteiger partial charge in [0, 0.05) is 32.3 Å². The molecule has 0 aliphatic rings. The molecule has 0 aliphatic carbocycles. The first-order valence-corrected chi connectivity index (χ1v) is 6.33. The van der Waals surface area contributed by atoms with Gasteiger partial charge in [0.2, 0.25) is 5.91 Å². The highest BCUT2D eigenvalue weighted by Gasteiger charge is 2.07. The van der Waals surface area contributed by atoms with Gasteiger partial charge in [0.25, 0.3) is 0 Å². The smallest absolute Gasteiger partial charge is 0.344 e. The molecule has 0 saturated heterocycles. The number of benzene rings is 1. The number of nitrogens with two attached hydrogens (primary N) is 1. The molecule has 0 aliphatic heterocycles. The second kappa shape index (κ2) is 8.04. The second-order valence-corrected chi connectivity index (χ2v) is 4.47. The maximum absolute atomic E-state index is 11.4. The Labute approximate surface area is 118 Å². The molecule has 0 aromatic heterocycles. The number of ether oxygens (including phenoxy) is 2. The van der Waals surface area contributed by atoms with Crippen molar-refractivity contribution in [2.75, 3.05) is 33.0 Å². The molecule has 1 aromatic carbocycles. The average molecular weight is 280 g/mol. The Morgan fingerprint density at radius 2 is 2.05 bits per heavy atom. The van der Waals surface area contributed by atoms with Gasteiger partial charge >= 0.3 is 5.97 Å². The van der Waals surface area contributed by atoms with E-state index < -0.39 is 5.97 Å². The predicted octanol–water partition coefficient (Wildman–Crippen LogP) is 1.06. The normalized spacial score (nSPS) is 9.90. The van der Waals surface area contributed by atoms with Crippen LogP contribution in [-0.2, 0) is 14.3 Å². The van der Waals surface area contributed by atoms with Gasteiger partial charge in [0.15, 0.2) is 6.61 Å². The highest BCUT2D eigenvalue weighted by Crippen LogP contribution is 2.14. The minimum absolute atomic E-state index is 0.0112. The Hall–Kier alpha value is -2.24. The fourth-order valence-electron chi connectivity index (χ4n) is 1.42. The van der Waals surface area contributed by atoms with Crippen LogP contribution in [0.25, 0.3) is 0 Å². The van der Waals surface area contributed by atoms with E-state index in [1.165, 1.54) is 4.90 Å². The van der Waals surface area contributed by atoms with Crippen molar-refractivity contribution in [3.05, 3.63) is 24.3 Å². The van der Waals surface area contributed by atoms with E-state index in [2.05, 4.69) is 0 Å². The third-order valence-electron chi connectivity index (χ3n) is 2.51. The first kappa shape index (κ1) is 15.8. The fraction of sp³-hybridized carbons (Fsp3) is 0.429. The summed E-state index contributed by atoms with van der Waals surface area (Å²) >= 11 is 0. The van der Waals surface area contributed by atoms with Crippen molar-refractivity contribution >= 4 is 17.6 Å². The van der Waals surface area contributed by atoms with E-state index in [1.54, 1.807) is 38.4 Å². The minimum Gasteiger partial charge on any atom is -0.482 e. The standard InChI is InChI=1S/C14H20N2O4/c1-16(2)13(17)7-4-8-19-14(18)10-20-12-6-3-5-11(15)9-12/h3,5-6,9H,4,7-8,10,15H2,1-2H3. The molecule has 0 atom stereocenters. The van der Waals surface area contributed by atoms with Crippen LogP contribution in [0.5, 0.6) is 5.75 Å². The van der Waals surface area contributed by atoms with Crippen LogP contribution in [-0.4, -0.2) is 44.1 Å². The molecule has 0 saturated carbocycles. The third kappa shape index (κ3) is 6.08. The monoisotopic (exact) mass is 280 g/mol. The van der Waals surface area contributed by atoms with Crippen LogP contribution in [0.15, 0.2) is 24.3 Å². The molecule has 0 fully saturated rings. The zero-order chi connectivity index (χ0) is 15.0. The number of nitrogens with zero attached hydrogens (tertiary/aromatic N) is 1. The molecule has 6 heteroatoms. The van der Waals surface area contributed by atoms with Gasteiger partial charge in [-0.15, -0.1) is 0 Å². The Morgan fingerprint density at radius 3 is 2.70 bits per heavy atom. The quantitative estimate of drug-likeness (QED) is 0.459.